The molecule has 2 rings (SSSR count). The summed E-state index contributed by atoms with van der Waals surface area (Å²) in [5, 5.41) is 9.80. The minimum Gasteiger partial charge on any atom is -0.508 e. The number of alkyl halides is 1. The first-order chi connectivity index (χ1) is 9.08. The van der Waals surface area contributed by atoms with Crippen LogP contribution in [0.4, 0.5) is 0 Å². The standard InChI is InChI=1S/C16H17IO2/c1-11(2)14-10-13(8-9-15(14)18)19-16(17)12-6-4-3-5-7-12/h3-11,16,18H,1-2H3. The number of hydrogen-bond acceptors (Lipinski definition) is 2. The molecule has 0 saturated heterocycles. The lowest BCUT2D eigenvalue weighted by molar-refractivity contribution is 0.309. The maximum Gasteiger partial charge on any atom is 0.174 e. The fourth-order valence-electron chi connectivity index (χ4n) is 1.86. The van der Waals surface area contributed by atoms with Gasteiger partial charge in [-0.05, 0) is 46.7 Å². The fraction of sp³-hybridized carbons (Fsp3) is 0.250. The number of rotatable bonds is 4. The Kier molecular flexibility index (Phi) is 4.69. The second kappa shape index (κ2) is 6.28. The van der Waals surface area contributed by atoms with Gasteiger partial charge in [0.15, 0.2) is 4.11 Å². The molecular formula is C16H17IO2. The molecule has 0 bridgehead atoms. The third kappa shape index (κ3) is 3.62. The summed E-state index contributed by atoms with van der Waals surface area (Å²) in [6, 6.07) is 15.5. The average Bonchev–Trinajstić information content (AvgIpc) is 2.41. The first-order valence-electron chi connectivity index (χ1n) is 6.26. The SMILES string of the molecule is CC(C)c1cc(OC(I)c2ccccc2)ccc1O. The number of ether oxygens (including phenoxy) is 1. The van der Waals surface area contributed by atoms with Gasteiger partial charge in [0.05, 0.1) is 0 Å². The molecule has 0 spiro atoms. The molecule has 1 N–H and O–H groups in total. The van der Waals surface area contributed by atoms with E-state index in [0.717, 1.165) is 16.9 Å². The largest absolute Gasteiger partial charge is 0.508 e. The topological polar surface area (TPSA) is 29.5 Å². The number of phenols is 1. The van der Waals surface area contributed by atoms with Gasteiger partial charge in [0.1, 0.15) is 11.5 Å². The fourth-order valence-corrected chi connectivity index (χ4v) is 2.57. The van der Waals surface area contributed by atoms with Crippen LogP contribution in [0.1, 0.15) is 35.0 Å². The highest BCUT2D eigenvalue weighted by atomic mass is 127. The van der Waals surface area contributed by atoms with Crippen molar-refractivity contribution >= 4 is 22.6 Å². The highest BCUT2D eigenvalue weighted by Gasteiger charge is 2.11. The molecule has 2 aromatic rings. The zero-order chi connectivity index (χ0) is 13.8. The molecule has 0 heterocycles. The van der Waals surface area contributed by atoms with Crippen LogP contribution >= 0.6 is 22.6 Å². The lowest BCUT2D eigenvalue weighted by Gasteiger charge is -2.16. The van der Waals surface area contributed by atoms with Crippen LogP contribution in [0.3, 0.4) is 0 Å². The number of benzene rings is 2. The summed E-state index contributed by atoms with van der Waals surface area (Å²) in [4.78, 5) is 0. The van der Waals surface area contributed by atoms with Gasteiger partial charge in [-0.15, -0.1) is 0 Å². The molecule has 0 radical (unpaired) electrons. The molecule has 19 heavy (non-hydrogen) atoms. The van der Waals surface area contributed by atoms with Gasteiger partial charge in [0.25, 0.3) is 0 Å². The number of hydrogen-bond donors (Lipinski definition) is 1. The first-order valence-corrected chi connectivity index (χ1v) is 7.51. The van der Waals surface area contributed by atoms with Crippen LogP contribution < -0.4 is 4.74 Å². The zero-order valence-corrected chi connectivity index (χ0v) is 13.2. The normalized spacial score (nSPS) is 12.4. The Morgan fingerprint density at radius 3 is 2.37 bits per heavy atom. The van der Waals surface area contributed by atoms with E-state index in [-0.39, 0.29) is 10.0 Å². The van der Waals surface area contributed by atoms with Crippen LogP contribution in [0.2, 0.25) is 0 Å². The maximum absolute atomic E-state index is 9.80. The van der Waals surface area contributed by atoms with E-state index < -0.39 is 0 Å². The van der Waals surface area contributed by atoms with Crippen molar-refractivity contribution in [3.8, 4) is 11.5 Å². The van der Waals surface area contributed by atoms with Crippen LogP contribution in [-0.4, -0.2) is 5.11 Å². The predicted octanol–water partition coefficient (Wildman–Crippen LogP) is 5.03. The molecule has 1 unspecified atom stereocenters. The Morgan fingerprint density at radius 2 is 1.74 bits per heavy atom. The third-order valence-electron chi connectivity index (χ3n) is 2.92. The van der Waals surface area contributed by atoms with Crippen molar-refractivity contribution in [2.75, 3.05) is 0 Å². The van der Waals surface area contributed by atoms with Crippen LogP contribution in [0, 0.1) is 0 Å². The van der Waals surface area contributed by atoms with Gasteiger partial charge >= 0.3 is 0 Å². The Balaban J connectivity index is 2.18. The molecule has 2 nitrogen and oxygen atoms in total. The summed E-state index contributed by atoms with van der Waals surface area (Å²) < 4.78 is 5.88. The van der Waals surface area contributed by atoms with E-state index in [9.17, 15) is 5.11 Å². The Morgan fingerprint density at radius 1 is 1.05 bits per heavy atom. The molecule has 3 heteroatoms. The van der Waals surface area contributed by atoms with Crippen LogP contribution in [0.25, 0.3) is 0 Å². The summed E-state index contributed by atoms with van der Waals surface area (Å²) in [6.07, 6.45) is 0. The number of halogens is 1. The smallest absolute Gasteiger partial charge is 0.174 e. The van der Waals surface area contributed by atoms with Crippen molar-refractivity contribution in [1.29, 1.82) is 0 Å². The highest BCUT2D eigenvalue weighted by Crippen LogP contribution is 2.33. The number of aromatic hydroxyl groups is 1. The van der Waals surface area contributed by atoms with E-state index >= 15 is 0 Å². The summed E-state index contributed by atoms with van der Waals surface area (Å²) in [7, 11) is 0. The second-order valence-electron chi connectivity index (χ2n) is 4.72. The van der Waals surface area contributed by atoms with Crippen LogP contribution in [-0.2, 0) is 0 Å². The summed E-state index contributed by atoms with van der Waals surface area (Å²) in [6.45, 7) is 4.11. The van der Waals surface area contributed by atoms with Crippen molar-refractivity contribution in [1.82, 2.24) is 0 Å². The molecule has 2 aromatic carbocycles. The molecule has 1 atom stereocenters. The highest BCUT2D eigenvalue weighted by molar-refractivity contribution is 14.1. The van der Waals surface area contributed by atoms with Gasteiger partial charge in [-0.3, -0.25) is 0 Å². The van der Waals surface area contributed by atoms with Crippen molar-refractivity contribution in [2.24, 2.45) is 0 Å². The molecule has 0 aromatic heterocycles. The lowest BCUT2D eigenvalue weighted by Crippen LogP contribution is -2.00. The van der Waals surface area contributed by atoms with Crippen molar-refractivity contribution < 1.29 is 9.84 Å². The minimum absolute atomic E-state index is 0.0386. The lowest BCUT2D eigenvalue weighted by atomic mass is 10.0. The average molecular weight is 368 g/mol. The van der Waals surface area contributed by atoms with E-state index in [1.165, 1.54) is 0 Å². The molecule has 0 saturated carbocycles. The van der Waals surface area contributed by atoms with Crippen molar-refractivity contribution in [3.05, 3.63) is 59.7 Å². The summed E-state index contributed by atoms with van der Waals surface area (Å²) in [5.41, 5.74) is 2.04. The summed E-state index contributed by atoms with van der Waals surface area (Å²) in [5.74, 6) is 1.38. The monoisotopic (exact) mass is 368 g/mol. The van der Waals surface area contributed by atoms with E-state index in [4.69, 9.17) is 4.74 Å². The molecule has 0 aliphatic carbocycles. The van der Waals surface area contributed by atoms with Gasteiger partial charge in [-0.25, -0.2) is 0 Å². The summed E-state index contributed by atoms with van der Waals surface area (Å²) >= 11 is 2.26. The van der Waals surface area contributed by atoms with Crippen LogP contribution in [0.15, 0.2) is 48.5 Å². The van der Waals surface area contributed by atoms with E-state index in [0.29, 0.717) is 5.75 Å². The van der Waals surface area contributed by atoms with Crippen molar-refractivity contribution in [3.63, 3.8) is 0 Å². The van der Waals surface area contributed by atoms with Gasteiger partial charge in [-0.1, -0.05) is 44.2 Å². The van der Waals surface area contributed by atoms with E-state index in [1.807, 2.05) is 36.4 Å². The van der Waals surface area contributed by atoms with E-state index in [1.54, 1.807) is 12.1 Å². The first kappa shape index (κ1) is 14.2. The molecule has 0 fully saturated rings. The molecule has 0 aliphatic rings. The zero-order valence-electron chi connectivity index (χ0n) is 11.0. The van der Waals surface area contributed by atoms with Crippen LogP contribution in [0.5, 0.6) is 11.5 Å². The Hall–Kier alpha value is -1.23. The molecular weight excluding hydrogens is 351 g/mol. The quantitative estimate of drug-likeness (QED) is 0.606. The second-order valence-corrected chi connectivity index (χ2v) is 5.85. The van der Waals surface area contributed by atoms with Gasteiger partial charge in [0.2, 0.25) is 0 Å². The maximum atomic E-state index is 9.80. The van der Waals surface area contributed by atoms with Gasteiger partial charge in [0, 0.05) is 11.1 Å². The third-order valence-corrected chi connectivity index (χ3v) is 3.90. The van der Waals surface area contributed by atoms with Crippen molar-refractivity contribution in [2.45, 2.75) is 23.9 Å². The Bertz CT molecular complexity index is 538. The van der Waals surface area contributed by atoms with E-state index in [2.05, 4.69) is 36.4 Å². The molecule has 0 amide bonds. The Labute approximate surface area is 127 Å². The minimum atomic E-state index is -0.0386. The van der Waals surface area contributed by atoms with Gasteiger partial charge < -0.3 is 9.84 Å². The molecule has 100 valence electrons. The number of phenolic OH excluding ortho intramolecular Hbond substituents is 1. The predicted molar refractivity (Wildman–Crippen MR) is 86.0 cm³/mol. The molecule has 0 aliphatic heterocycles. The van der Waals surface area contributed by atoms with Gasteiger partial charge in [-0.2, -0.15) is 0 Å².